The summed E-state index contributed by atoms with van der Waals surface area (Å²) in [4.78, 5) is 13.8. The topological polar surface area (TPSA) is 43.7 Å². The number of thiocarbonyl (C=S) groups is 1. The maximum absolute atomic E-state index is 13.3. The van der Waals surface area contributed by atoms with Gasteiger partial charge in [0.2, 0.25) is 0 Å². The Labute approximate surface area is 209 Å². The van der Waals surface area contributed by atoms with E-state index in [1.807, 2.05) is 85.3 Å². The summed E-state index contributed by atoms with van der Waals surface area (Å²) in [7, 11) is 1.61. The van der Waals surface area contributed by atoms with Crippen LogP contribution in [-0.2, 0) is 17.8 Å². The van der Waals surface area contributed by atoms with Crippen molar-refractivity contribution in [3.8, 4) is 11.5 Å². The molecule has 1 fully saturated rings. The van der Waals surface area contributed by atoms with Crippen molar-refractivity contribution in [1.29, 1.82) is 0 Å². The summed E-state index contributed by atoms with van der Waals surface area (Å²) in [6.45, 7) is 8.22. The van der Waals surface area contributed by atoms with Crippen molar-refractivity contribution in [2.45, 2.75) is 26.9 Å². The molecule has 5 nitrogen and oxygen atoms in total. The maximum atomic E-state index is 13.3. The van der Waals surface area contributed by atoms with Crippen molar-refractivity contribution in [1.82, 2.24) is 4.68 Å². The highest BCUT2D eigenvalue weighted by Crippen LogP contribution is 2.37. The highest BCUT2D eigenvalue weighted by atomic mass is 32.2. The van der Waals surface area contributed by atoms with E-state index in [4.69, 9.17) is 21.7 Å². The van der Waals surface area contributed by atoms with Crippen molar-refractivity contribution in [2.75, 3.05) is 12.1 Å². The smallest absolute Gasteiger partial charge is 0.285 e. The number of carbonyl (C=O) groups excluding carboxylic acids is 1. The molecule has 0 radical (unpaired) electrons. The normalized spacial score (nSPS) is 14.7. The number of benzene rings is 2. The van der Waals surface area contributed by atoms with E-state index in [1.54, 1.807) is 12.1 Å². The Balaban J connectivity index is 1.66. The lowest BCUT2D eigenvalue weighted by molar-refractivity contribution is -0.114. The number of hydrogen-bond donors (Lipinski definition) is 0. The minimum Gasteiger partial charge on any atom is -0.493 e. The second-order valence-corrected chi connectivity index (χ2v) is 9.58. The van der Waals surface area contributed by atoms with Crippen molar-refractivity contribution in [2.24, 2.45) is 0 Å². The van der Waals surface area contributed by atoms with Crippen LogP contribution in [0.2, 0.25) is 0 Å². The van der Waals surface area contributed by atoms with Crippen LogP contribution < -0.4 is 14.5 Å². The summed E-state index contributed by atoms with van der Waals surface area (Å²) in [6, 6.07) is 17.8. The Morgan fingerprint density at radius 1 is 1.09 bits per heavy atom. The molecule has 0 unspecified atom stereocenters. The average Bonchev–Trinajstić information content (AvgIpc) is 3.29. The van der Waals surface area contributed by atoms with E-state index in [2.05, 4.69) is 6.58 Å². The molecule has 174 valence electrons. The number of methoxy groups -OCH3 is 1. The Bertz CT molecular complexity index is 1260. The molecule has 0 atom stereocenters. The SMILES string of the molecule is C=CCc1cc(/C=C2\SC(=S)N(n3c(C)ccc3C)C2=O)cc(OC)c1OCc1ccccc1. The summed E-state index contributed by atoms with van der Waals surface area (Å²) in [6.07, 6.45) is 4.28. The first-order valence-corrected chi connectivity index (χ1v) is 12.1. The number of ether oxygens (including phenoxy) is 2. The van der Waals surface area contributed by atoms with Gasteiger partial charge in [-0.2, -0.15) is 5.01 Å². The zero-order valence-corrected chi connectivity index (χ0v) is 21.0. The van der Waals surface area contributed by atoms with Gasteiger partial charge in [0.1, 0.15) is 6.61 Å². The first-order chi connectivity index (χ1) is 16.4. The van der Waals surface area contributed by atoms with Crippen LogP contribution in [0.15, 0.2) is 72.2 Å². The van der Waals surface area contributed by atoms with Crippen LogP contribution >= 0.6 is 24.0 Å². The lowest BCUT2D eigenvalue weighted by Gasteiger charge is -2.20. The summed E-state index contributed by atoms with van der Waals surface area (Å²) in [5, 5.41) is 1.55. The van der Waals surface area contributed by atoms with Crippen molar-refractivity contribution < 1.29 is 14.3 Å². The molecule has 7 heteroatoms. The first-order valence-electron chi connectivity index (χ1n) is 10.8. The molecule has 2 heterocycles. The first kappa shape index (κ1) is 23.9. The number of thioether (sulfide) groups is 1. The third-order valence-corrected chi connectivity index (χ3v) is 6.75. The molecule has 1 saturated heterocycles. The molecule has 2 aromatic carbocycles. The predicted octanol–water partition coefficient (Wildman–Crippen LogP) is 5.96. The Hall–Kier alpha value is -3.29. The average molecular weight is 491 g/mol. The van der Waals surface area contributed by atoms with Crippen LogP contribution in [0.4, 0.5) is 0 Å². The predicted molar refractivity (Wildman–Crippen MR) is 143 cm³/mol. The minimum absolute atomic E-state index is 0.147. The van der Waals surface area contributed by atoms with Crippen LogP contribution in [0.3, 0.4) is 0 Å². The van der Waals surface area contributed by atoms with E-state index < -0.39 is 0 Å². The minimum atomic E-state index is -0.147. The third-order valence-electron chi connectivity index (χ3n) is 5.47. The van der Waals surface area contributed by atoms with E-state index in [1.165, 1.54) is 11.8 Å². The van der Waals surface area contributed by atoms with Crippen LogP contribution in [0.25, 0.3) is 6.08 Å². The van der Waals surface area contributed by atoms with Gasteiger partial charge >= 0.3 is 0 Å². The number of aromatic nitrogens is 1. The molecule has 3 aromatic rings. The number of rotatable bonds is 8. The van der Waals surface area contributed by atoms with Crippen LogP contribution in [0, 0.1) is 13.8 Å². The molecule has 0 aliphatic carbocycles. The summed E-state index contributed by atoms with van der Waals surface area (Å²) >= 11 is 6.84. The number of nitrogens with zero attached hydrogens (tertiary/aromatic N) is 2. The molecule has 4 rings (SSSR count). The molecular weight excluding hydrogens is 464 g/mol. The molecule has 1 aliphatic rings. The van der Waals surface area contributed by atoms with Gasteiger partial charge < -0.3 is 9.47 Å². The highest BCUT2D eigenvalue weighted by Gasteiger charge is 2.34. The molecule has 1 aliphatic heterocycles. The molecule has 34 heavy (non-hydrogen) atoms. The number of amides is 1. The number of hydrogen-bond acceptors (Lipinski definition) is 5. The second-order valence-electron chi connectivity index (χ2n) is 7.90. The summed E-state index contributed by atoms with van der Waals surface area (Å²) in [5.74, 6) is 1.13. The standard InChI is InChI=1S/C27H26N2O3S2/c1-5-9-22-14-21(15-23(31-4)25(22)32-17-20-10-7-6-8-11-20)16-24-26(30)29(27(33)34-24)28-18(2)12-13-19(28)3/h5-8,10-16H,1,9,17H2,2-4H3/b24-16-. The van der Waals surface area contributed by atoms with Gasteiger partial charge in [-0.25, -0.2) is 0 Å². The van der Waals surface area contributed by atoms with Crippen LogP contribution in [0.5, 0.6) is 11.5 Å². The molecular formula is C27H26N2O3S2. The zero-order chi connectivity index (χ0) is 24.2. The third kappa shape index (κ3) is 4.81. The fourth-order valence-corrected chi connectivity index (χ4v) is 5.12. The van der Waals surface area contributed by atoms with Gasteiger partial charge in [0.25, 0.3) is 5.91 Å². The van der Waals surface area contributed by atoms with Gasteiger partial charge in [0, 0.05) is 17.0 Å². The van der Waals surface area contributed by atoms with Gasteiger partial charge in [-0.3, -0.25) is 9.47 Å². The molecule has 0 spiro atoms. The van der Waals surface area contributed by atoms with E-state index >= 15 is 0 Å². The highest BCUT2D eigenvalue weighted by molar-refractivity contribution is 8.27. The van der Waals surface area contributed by atoms with Gasteiger partial charge in [0.05, 0.1) is 12.0 Å². The quantitative estimate of drug-likeness (QED) is 0.222. The van der Waals surface area contributed by atoms with Gasteiger partial charge in [-0.05, 0) is 74.0 Å². The van der Waals surface area contributed by atoms with Gasteiger partial charge in [-0.1, -0.05) is 48.2 Å². The molecule has 0 N–H and O–H groups in total. The zero-order valence-electron chi connectivity index (χ0n) is 19.4. The summed E-state index contributed by atoms with van der Waals surface area (Å²) < 4.78 is 14.2. The summed E-state index contributed by atoms with van der Waals surface area (Å²) in [5.41, 5.74) is 4.73. The van der Waals surface area contributed by atoms with E-state index in [-0.39, 0.29) is 5.91 Å². The Morgan fingerprint density at radius 3 is 2.44 bits per heavy atom. The monoisotopic (exact) mass is 490 g/mol. The van der Waals surface area contributed by atoms with Crippen molar-refractivity contribution in [3.63, 3.8) is 0 Å². The molecule has 1 aromatic heterocycles. The molecule has 0 saturated carbocycles. The lowest BCUT2D eigenvalue weighted by atomic mass is 10.0. The molecule has 1 amide bonds. The fraction of sp³-hybridized carbons (Fsp3) is 0.185. The van der Waals surface area contributed by atoms with E-state index in [0.717, 1.165) is 28.1 Å². The number of carbonyl (C=O) groups is 1. The maximum Gasteiger partial charge on any atom is 0.285 e. The van der Waals surface area contributed by atoms with E-state index in [9.17, 15) is 4.79 Å². The lowest BCUT2D eigenvalue weighted by Crippen LogP contribution is -2.39. The van der Waals surface area contributed by atoms with Crippen molar-refractivity contribution in [3.05, 3.63) is 100 Å². The fourth-order valence-electron chi connectivity index (χ4n) is 3.88. The molecule has 0 bridgehead atoms. The largest absolute Gasteiger partial charge is 0.493 e. The van der Waals surface area contributed by atoms with Crippen molar-refractivity contribution >= 4 is 40.3 Å². The van der Waals surface area contributed by atoms with Crippen LogP contribution in [0.1, 0.15) is 28.1 Å². The number of aryl methyl sites for hydroxylation is 2. The Morgan fingerprint density at radius 2 is 1.79 bits per heavy atom. The second kappa shape index (κ2) is 10.3. The van der Waals surface area contributed by atoms with Crippen LogP contribution in [-0.4, -0.2) is 22.0 Å². The van der Waals surface area contributed by atoms with E-state index in [0.29, 0.717) is 33.8 Å². The Kier molecular flexibility index (Phi) is 7.24. The van der Waals surface area contributed by atoms with Gasteiger partial charge in [-0.15, -0.1) is 6.58 Å². The van der Waals surface area contributed by atoms with Gasteiger partial charge in [0.15, 0.2) is 15.8 Å². The number of allylic oxidation sites excluding steroid dienone is 1.